The third-order valence-electron chi connectivity index (χ3n) is 1.83. The number of carbonyl (C=O) groups is 1. The highest BCUT2D eigenvalue weighted by molar-refractivity contribution is 5.78. The van der Waals surface area contributed by atoms with Crippen LogP contribution in [0.3, 0.4) is 0 Å². The Hall–Kier alpha value is -0.570. The first kappa shape index (κ1) is 11.4. The SMILES string of the molecule is CC.CNCCC1CCC(=O)N1. The minimum Gasteiger partial charge on any atom is -0.353 e. The molecule has 1 heterocycles. The van der Waals surface area contributed by atoms with E-state index in [0.717, 1.165) is 19.4 Å². The smallest absolute Gasteiger partial charge is 0.220 e. The maximum Gasteiger partial charge on any atom is 0.220 e. The van der Waals surface area contributed by atoms with Gasteiger partial charge in [-0.2, -0.15) is 0 Å². The summed E-state index contributed by atoms with van der Waals surface area (Å²) in [6.45, 7) is 4.99. The molecule has 1 aliphatic rings. The molecular formula is C9H20N2O. The first-order chi connectivity index (χ1) is 5.83. The van der Waals surface area contributed by atoms with Crippen molar-refractivity contribution in [3.05, 3.63) is 0 Å². The molecule has 0 aromatic rings. The average Bonchev–Trinajstić information content (AvgIpc) is 2.51. The number of hydrogen-bond donors (Lipinski definition) is 2. The minimum atomic E-state index is 0.209. The highest BCUT2D eigenvalue weighted by Gasteiger charge is 2.19. The molecule has 1 fully saturated rings. The van der Waals surface area contributed by atoms with E-state index in [0.29, 0.717) is 12.5 Å². The fraction of sp³-hybridized carbons (Fsp3) is 0.889. The Kier molecular flexibility index (Phi) is 6.76. The lowest BCUT2D eigenvalue weighted by atomic mass is 10.2. The van der Waals surface area contributed by atoms with Crippen LogP contribution in [0.25, 0.3) is 0 Å². The van der Waals surface area contributed by atoms with Crippen molar-refractivity contribution in [2.45, 2.75) is 39.2 Å². The number of carbonyl (C=O) groups excluding carboxylic acids is 1. The standard InChI is InChI=1S/C7H14N2O.C2H6/c1-8-5-4-6-2-3-7(10)9-6;1-2/h6,8H,2-5H2,1H3,(H,9,10);1-2H3. The fourth-order valence-corrected chi connectivity index (χ4v) is 1.21. The largest absolute Gasteiger partial charge is 0.353 e. The predicted octanol–water partition coefficient (Wildman–Crippen LogP) is 0.901. The van der Waals surface area contributed by atoms with Crippen LogP contribution in [-0.4, -0.2) is 25.5 Å². The van der Waals surface area contributed by atoms with Gasteiger partial charge >= 0.3 is 0 Å². The third kappa shape index (κ3) is 4.34. The molecule has 2 N–H and O–H groups in total. The van der Waals surface area contributed by atoms with E-state index >= 15 is 0 Å². The molecule has 0 aromatic heterocycles. The summed E-state index contributed by atoms with van der Waals surface area (Å²) in [6.07, 6.45) is 2.79. The lowest BCUT2D eigenvalue weighted by Gasteiger charge is -2.07. The van der Waals surface area contributed by atoms with Crippen LogP contribution >= 0.6 is 0 Å². The molecule has 0 radical (unpaired) electrons. The Labute approximate surface area is 74.9 Å². The highest BCUT2D eigenvalue weighted by Crippen LogP contribution is 2.08. The molecule has 1 atom stereocenters. The summed E-state index contributed by atoms with van der Waals surface area (Å²) in [7, 11) is 1.93. The van der Waals surface area contributed by atoms with Crippen LogP contribution in [0, 0.1) is 0 Å². The van der Waals surface area contributed by atoms with Gasteiger partial charge in [0.1, 0.15) is 0 Å². The lowest BCUT2D eigenvalue weighted by Crippen LogP contribution is -2.28. The first-order valence-electron chi connectivity index (χ1n) is 4.77. The second-order valence-electron chi connectivity index (χ2n) is 2.70. The average molecular weight is 172 g/mol. The van der Waals surface area contributed by atoms with Crippen molar-refractivity contribution in [1.29, 1.82) is 0 Å². The molecule has 1 aliphatic heterocycles. The zero-order valence-electron chi connectivity index (χ0n) is 8.31. The molecule has 12 heavy (non-hydrogen) atoms. The van der Waals surface area contributed by atoms with E-state index in [1.165, 1.54) is 0 Å². The van der Waals surface area contributed by atoms with Crippen LogP contribution in [0.4, 0.5) is 0 Å². The summed E-state index contributed by atoms with van der Waals surface area (Å²) in [6, 6.07) is 0.431. The van der Waals surface area contributed by atoms with Gasteiger partial charge in [0.2, 0.25) is 5.91 Å². The van der Waals surface area contributed by atoms with Crippen molar-refractivity contribution < 1.29 is 4.79 Å². The number of hydrogen-bond acceptors (Lipinski definition) is 2. The monoisotopic (exact) mass is 172 g/mol. The van der Waals surface area contributed by atoms with Gasteiger partial charge in [-0.15, -0.1) is 0 Å². The molecule has 3 heteroatoms. The van der Waals surface area contributed by atoms with Crippen LogP contribution < -0.4 is 10.6 Å². The molecule has 1 unspecified atom stereocenters. The molecule has 3 nitrogen and oxygen atoms in total. The molecule has 0 aliphatic carbocycles. The number of rotatable bonds is 3. The number of nitrogens with one attached hydrogen (secondary N) is 2. The van der Waals surface area contributed by atoms with Gasteiger partial charge < -0.3 is 10.6 Å². The van der Waals surface area contributed by atoms with E-state index in [1.807, 2.05) is 20.9 Å². The van der Waals surface area contributed by atoms with Crippen LogP contribution in [0.5, 0.6) is 0 Å². The van der Waals surface area contributed by atoms with E-state index in [1.54, 1.807) is 0 Å². The van der Waals surface area contributed by atoms with E-state index in [-0.39, 0.29) is 5.91 Å². The second kappa shape index (κ2) is 7.10. The summed E-state index contributed by atoms with van der Waals surface area (Å²) < 4.78 is 0. The van der Waals surface area contributed by atoms with E-state index < -0.39 is 0 Å². The maximum absolute atomic E-state index is 10.7. The van der Waals surface area contributed by atoms with Gasteiger partial charge in [0.05, 0.1) is 0 Å². The molecule has 1 amide bonds. The molecule has 1 rings (SSSR count). The summed E-state index contributed by atoms with van der Waals surface area (Å²) in [5.41, 5.74) is 0. The Morgan fingerprint density at radius 2 is 2.25 bits per heavy atom. The zero-order valence-corrected chi connectivity index (χ0v) is 8.31. The van der Waals surface area contributed by atoms with Gasteiger partial charge in [0, 0.05) is 12.5 Å². The van der Waals surface area contributed by atoms with Gasteiger partial charge in [-0.3, -0.25) is 4.79 Å². The van der Waals surface area contributed by atoms with Gasteiger partial charge in [0.25, 0.3) is 0 Å². The Bertz CT molecular complexity index is 126. The highest BCUT2D eigenvalue weighted by atomic mass is 16.1. The Balaban J connectivity index is 0.000000561. The first-order valence-corrected chi connectivity index (χ1v) is 4.77. The van der Waals surface area contributed by atoms with Crippen molar-refractivity contribution in [1.82, 2.24) is 10.6 Å². The topological polar surface area (TPSA) is 41.1 Å². The normalized spacial score (nSPS) is 21.2. The van der Waals surface area contributed by atoms with Crippen molar-refractivity contribution in [3.63, 3.8) is 0 Å². The molecule has 1 saturated heterocycles. The van der Waals surface area contributed by atoms with Crippen molar-refractivity contribution >= 4 is 5.91 Å². The molecule has 0 aromatic carbocycles. The molecular weight excluding hydrogens is 152 g/mol. The van der Waals surface area contributed by atoms with Crippen molar-refractivity contribution in [2.24, 2.45) is 0 Å². The lowest BCUT2D eigenvalue weighted by molar-refractivity contribution is -0.119. The van der Waals surface area contributed by atoms with Crippen LogP contribution in [-0.2, 0) is 4.79 Å². The number of amides is 1. The zero-order chi connectivity index (χ0) is 9.40. The van der Waals surface area contributed by atoms with Gasteiger partial charge in [-0.25, -0.2) is 0 Å². The van der Waals surface area contributed by atoms with E-state index in [4.69, 9.17) is 0 Å². The fourth-order valence-electron chi connectivity index (χ4n) is 1.21. The second-order valence-corrected chi connectivity index (χ2v) is 2.70. The van der Waals surface area contributed by atoms with E-state index in [2.05, 4.69) is 10.6 Å². The summed E-state index contributed by atoms with van der Waals surface area (Å²) in [4.78, 5) is 10.7. The molecule has 0 saturated carbocycles. The van der Waals surface area contributed by atoms with Crippen molar-refractivity contribution in [2.75, 3.05) is 13.6 Å². The summed E-state index contributed by atoms with van der Waals surface area (Å²) in [5, 5.41) is 5.97. The van der Waals surface area contributed by atoms with Crippen molar-refractivity contribution in [3.8, 4) is 0 Å². The van der Waals surface area contributed by atoms with Crippen LogP contribution in [0.15, 0.2) is 0 Å². The Morgan fingerprint density at radius 1 is 1.58 bits per heavy atom. The van der Waals surface area contributed by atoms with E-state index in [9.17, 15) is 4.79 Å². The van der Waals surface area contributed by atoms with Gasteiger partial charge in [-0.05, 0) is 26.4 Å². The molecule has 0 spiro atoms. The predicted molar refractivity (Wildman–Crippen MR) is 51.1 cm³/mol. The third-order valence-corrected chi connectivity index (χ3v) is 1.83. The quantitative estimate of drug-likeness (QED) is 0.664. The summed E-state index contributed by atoms with van der Waals surface area (Å²) in [5.74, 6) is 0.209. The van der Waals surface area contributed by atoms with Crippen LogP contribution in [0.1, 0.15) is 33.1 Å². The molecule has 72 valence electrons. The van der Waals surface area contributed by atoms with Crippen LogP contribution in [0.2, 0.25) is 0 Å². The van der Waals surface area contributed by atoms with Gasteiger partial charge in [-0.1, -0.05) is 13.8 Å². The summed E-state index contributed by atoms with van der Waals surface area (Å²) >= 11 is 0. The Morgan fingerprint density at radius 3 is 2.67 bits per heavy atom. The van der Waals surface area contributed by atoms with Gasteiger partial charge in [0.15, 0.2) is 0 Å². The maximum atomic E-state index is 10.7. The molecule has 0 bridgehead atoms. The minimum absolute atomic E-state index is 0.209.